The first-order valence-corrected chi connectivity index (χ1v) is 9.56. The number of furan rings is 1. The van der Waals surface area contributed by atoms with Gasteiger partial charge in [-0.1, -0.05) is 25.1 Å². The van der Waals surface area contributed by atoms with Crippen molar-refractivity contribution in [3.63, 3.8) is 0 Å². The van der Waals surface area contributed by atoms with Crippen molar-refractivity contribution in [1.82, 2.24) is 15.5 Å². The van der Waals surface area contributed by atoms with Crippen molar-refractivity contribution in [2.75, 3.05) is 18.0 Å². The third kappa shape index (κ3) is 3.65. The molecule has 1 atom stereocenters. The summed E-state index contributed by atoms with van der Waals surface area (Å²) in [5, 5.41) is 12.3. The molecule has 1 saturated heterocycles. The highest BCUT2D eigenvalue weighted by molar-refractivity contribution is 5.88. The number of aryl methyl sites for hydroxylation is 1. The van der Waals surface area contributed by atoms with Gasteiger partial charge in [0.1, 0.15) is 11.3 Å². The summed E-state index contributed by atoms with van der Waals surface area (Å²) < 4.78 is 5.90. The van der Waals surface area contributed by atoms with Crippen LogP contribution in [-0.2, 0) is 17.6 Å². The summed E-state index contributed by atoms with van der Waals surface area (Å²) in [6.45, 7) is 3.62. The first-order valence-electron chi connectivity index (χ1n) is 9.56. The van der Waals surface area contributed by atoms with Crippen LogP contribution in [0.25, 0.3) is 11.0 Å². The van der Waals surface area contributed by atoms with Crippen LogP contribution in [0.1, 0.15) is 31.1 Å². The Morgan fingerprint density at radius 1 is 1.30 bits per heavy atom. The van der Waals surface area contributed by atoms with Gasteiger partial charge in [-0.25, -0.2) is 0 Å². The molecule has 3 aromatic rings. The number of hydrogen-bond donors (Lipinski definition) is 1. The molecule has 6 nitrogen and oxygen atoms in total. The van der Waals surface area contributed by atoms with Crippen molar-refractivity contribution < 1.29 is 9.21 Å². The number of para-hydroxylation sites is 1. The minimum Gasteiger partial charge on any atom is -0.461 e. The summed E-state index contributed by atoms with van der Waals surface area (Å²) in [6.07, 6.45) is 4.95. The topological polar surface area (TPSA) is 71.3 Å². The van der Waals surface area contributed by atoms with Crippen LogP contribution in [0.4, 0.5) is 5.82 Å². The number of anilines is 1. The summed E-state index contributed by atoms with van der Waals surface area (Å²) >= 11 is 0. The molecule has 1 aliphatic heterocycles. The van der Waals surface area contributed by atoms with E-state index in [4.69, 9.17) is 4.42 Å². The number of rotatable bonds is 6. The van der Waals surface area contributed by atoms with Gasteiger partial charge in [0, 0.05) is 42.7 Å². The Hall–Kier alpha value is -2.89. The number of fused-ring (bicyclic) bond motifs is 1. The number of aromatic nitrogens is 2. The number of amides is 1. The smallest absolute Gasteiger partial charge is 0.224 e. The lowest BCUT2D eigenvalue weighted by molar-refractivity contribution is -0.120. The molecule has 6 heteroatoms. The maximum atomic E-state index is 12.6. The van der Waals surface area contributed by atoms with E-state index >= 15 is 0 Å². The van der Waals surface area contributed by atoms with Gasteiger partial charge in [-0.05, 0) is 31.0 Å². The summed E-state index contributed by atoms with van der Waals surface area (Å²) in [5.41, 5.74) is 1.85. The van der Waals surface area contributed by atoms with Crippen LogP contribution in [0, 0.1) is 0 Å². The van der Waals surface area contributed by atoms with Crippen molar-refractivity contribution in [1.29, 1.82) is 0 Å². The monoisotopic (exact) mass is 364 g/mol. The number of benzene rings is 1. The van der Waals surface area contributed by atoms with E-state index < -0.39 is 0 Å². The van der Waals surface area contributed by atoms with Gasteiger partial charge in [-0.3, -0.25) is 4.79 Å². The highest BCUT2D eigenvalue weighted by Crippen LogP contribution is 2.27. The second-order valence-electron chi connectivity index (χ2n) is 6.91. The van der Waals surface area contributed by atoms with Crippen molar-refractivity contribution in [2.24, 2.45) is 0 Å². The van der Waals surface area contributed by atoms with Gasteiger partial charge >= 0.3 is 0 Å². The predicted octanol–water partition coefficient (Wildman–Crippen LogP) is 3.11. The van der Waals surface area contributed by atoms with E-state index in [9.17, 15) is 4.79 Å². The first-order chi connectivity index (χ1) is 13.3. The number of nitrogens with zero attached hydrogens (tertiary/aromatic N) is 3. The van der Waals surface area contributed by atoms with Crippen LogP contribution in [0.3, 0.4) is 0 Å². The van der Waals surface area contributed by atoms with E-state index in [-0.39, 0.29) is 11.9 Å². The molecule has 1 fully saturated rings. The zero-order chi connectivity index (χ0) is 18.6. The lowest BCUT2D eigenvalue weighted by Crippen LogP contribution is -2.41. The molecule has 1 amide bonds. The van der Waals surface area contributed by atoms with Gasteiger partial charge in [0.2, 0.25) is 5.91 Å². The van der Waals surface area contributed by atoms with Crippen molar-refractivity contribution in [3.8, 4) is 0 Å². The number of carbonyl (C=O) groups excluding carboxylic acids is 1. The van der Waals surface area contributed by atoms with Gasteiger partial charge in [0.05, 0.1) is 6.42 Å². The standard InChI is InChI=1S/C21H24N4O2/c1-2-18-17(16-8-3-4-9-19(16)27-18)13-21(26)22-14-15-7-6-12-25(15)20-10-5-11-23-24-20/h3-5,8-11,15H,2,6-7,12-14H2,1H3,(H,22,26). The van der Waals surface area contributed by atoms with E-state index in [1.165, 1.54) is 0 Å². The molecular formula is C21H24N4O2. The number of nitrogens with one attached hydrogen (secondary N) is 1. The minimum absolute atomic E-state index is 0.0299. The molecule has 0 bridgehead atoms. The molecule has 3 heterocycles. The molecule has 27 heavy (non-hydrogen) atoms. The normalized spacial score (nSPS) is 16.8. The highest BCUT2D eigenvalue weighted by Gasteiger charge is 2.26. The fourth-order valence-corrected chi connectivity index (χ4v) is 3.88. The second-order valence-corrected chi connectivity index (χ2v) is 6.91. The lowest BCUT2D eigenvalue weighted by Gasteiger charge is -2.25. The Morgan fingerprint density at radius 3 is 3.00 bits per heavy atom. The van der Waals surface area contributed by atoms with Crippen molar-refractivity contribution >= 4 is 22.7 Å². The van der Waals surface area contributed by atoms with Crippen molar-refractivity contribution in [3.05, 3.63) is 53.9 Å². The molecule has 1 unspecified atom stereocenters. The van der Waals surface area contributed by atoms with Gasteiger partial charge < -0.3 is 14.6 Å². The van der Waals surface area contributed by atoms with Gasteiger partial charge in [-0.2, -0.15) is 5.10 Å². The van der Waals surface area contributed by atoms with Crippen LogP contribution in [0.2, 0.25) is 0 Å². The molecule has 140 valence electrons. The Labute approximate surface area is 158 Å². The fraction of sp³-hybridized carbons (Fsp3) is 0.381. The third-order valence-corrected chi connectivity index (χ3v) is 5.20. The molecular weight excluding hydrogens is 340 g/mol. The van der Waals surface area contributed by atoms with Crippen LogP contribution in [0.5, 0.6) is 0 Å². The zero-order valence-electron chi connectivity index (χ0n) is 15.5. The molecule has 4 rings (SSSR count). The molecule has 1 N–H and O–H groups in total. The van der Waals surface area contributed by atoms with Crippen LogP contribution in [-0.4, -0.2) is 35.2 Å². The van der Waals surface area contributed by atoms with Crippen LogP contribution < -0.4 is 10.2 Å². The quantitative estimate of drug-likeness (QED) is 0.728. The number of carbonyl (C=O) groups is 1. The van der Waals surface area contributed by atoms with Gasteiger partial charge in [0.25, 0.3) is 0 Å². The molecule has 2 aromatic heterocycles. The Balaban J connectivity index is 1.42. The van der Waals surface area contributed by atoms with E-state index in [0.717, 1.165) is 53.9 Å². The molecule has 0 aliphatic carbocycles. The Bertz CT molecular complexity index is 922. The molecule has 1 aliphatic rings. The predicted molar refractivity (Wildman–Crippen MR) is 105 cm³/mol. The third-order valence-electron chi connectivity index (χ3n) is 5.20. The minimum atomic E-state index is 0.0299. The Morgan fingerprint density at radius 2 is 2.19 bits per heavy atom. The maximum Gasteiger partial charge on any atom is 0.224 e. The summed E-state index contributed by atoms with van der Waals surface area (Å²) in [7, 11) is 0. The largest absolute Gasteiger partial charge is 0.461 e. The first kappa shape index (κ1) is 17.5. The van der Waals surface area contributed by atoms with Crippen LogP contribution >= 0.6 is 0 Å². The average molecular weight is 364 g/mol. The van der Waals surface area contributed by atoms with E-state index in [1.54, 1.807) is 6.20 Å². The maximum absolute atomic E-state index is 12.6. The SMILES string of the molecule is CCc1oc2ccccc2c1CC(=O)NCC1CCCN1c1cccnn1. The van der Waals surface area contributed by atoms with E-state index in [0.29, 0.717) is 13.0 Å². The summed E-state index contributed by atoms with van der Waals surface area (Å²) in [6, 6.07) is 12.0. The zero-order valence-corrected chi connectivity index (χ0v) is 15.5. The molecule has 0 radical (unpaired) electrons. The highest BCUT2D eigenvalue weighted by atomic mass is 16.3. The van der Waals surface area contributed by atoms with Gasteiger partial charge in [0.15, 0.2) is 5.82 Å². The second kappa shape index (κ2) is 7.78. The molecule has 1 aromatic carbocycles. The van der Waals surface area contributed by atoms with Crippen molar-refractivity contribution in [2.45, 2.75) is 38.6 Å². The van der Waals surface area contributed by atoms with Gasteiger partial charge in [-0.15, -0.1) is 5.10 Å². The fourth-order valence-electron chi connectivity index (χ4n) is 3.88. The van der Waals surface area contributed by atoms with Crippen LogP contribution in [0.15, 0.2) is 47.0 Å². The molecule has 0 spiro atoms. The summed E-state index contributed by atoms with van der Waals surface area (Å²) in [4.78, 5) is 14.9. The lowest BCUT2D eigenvalue weighted by atomic mass is 10.1. The molecule has 0 saturated carbocycles. The summed E-state index contributed by atoms with van der Waals surface area (Å²) in [5.74, 6) is 1.80. The number of hydrogen-bond acceptors (Lipinski definition) is 5. The average Bonchev–Trinajstić information content (AvgIpc) is 3.32. The Kier molecular flexibility index (Phi) is 5.05. The van der Waals surface area contributed by atoms with E-state index in [2.05, 4.69) is 27.3 Å². The van der Waals surface area contributed by atoms with E-state index in [1.807, 2.05) is 36.4 Å².